The molecule has 0 aliphatic carbocycles. The lowest BCUT2D eigenvalue weighted by molar-refractivity contribution is -0.111. The van der Waals surface area contributed by atoms with E-state index in [4.69, 9.17) is 18.3 Å². The molecule has 0 saturated heterocycles. The summed E-state index contributed by atoms with van der Waals surface area (Å²) in [6, 6.07) is 20.6. The predicted molar refractivity (Wildman–Crippen MR) is 252 cm³/mol. The molecule has 1 N–H and O–H groups in total. The van der Waals surface area contributed by atoms with Crippen LogP contribution in [0.1, 0.15) is 160 Å². The van der Waals surface area contributed by atoms with Crippen LogP contribution >= 0.6 is 0 Å². The van der Waals surface area contributed by atoms with E-state index in [1.807, 2.05) is 24.3 Å². The molecular weight excluding hydrogens is 753 g/mol. The summed E-state index contributed by atoms with van der Waals surface area (Å²) in [5, 5.41) is 9.74. The number of aliphatic hydroxyl groups excluding tert-OH is 1. The van der Waals surface area contributed by atoms with Crippen LogP contribution in [-0.2, 0) is 36.3 Å². The molecule has 0 amide bonds. The highest BCUT2D eigenvalue weighted by molar-refractivity contribution is 6.78. The van der Waals surface area contributed by atoms with Gasteiger partial charge in [0.2, 0.25) is 16.6 Å². The molecule has 6 nitrogen and oxygen atoms in total. The summed E-state index contributed by atoms with van der Waals surface area (Å²) in [7, 11) is -4.12. The first-order chi connectivity index (χ1) is 27.4. The van der Waals surface area contributed by atoms with E-state index in [2.05, 4.69) is 147 Å². The fourth-order valence-corrected chi connectivity index (χ4v) is 21.5. The molecule has 2 aromatic carbocycles. The van der Waals surface area contributed by atoms with Gasteiger partial charge in [-0.1, -0.05) is 170 Å². The fourth-order valence-electron chi connectivity index (χ4n) is 10.2. The van der Waals surface area contributed by atoms with Gasteiger partial charge in [0.1, 0.15) is 6.29 Å². The minimum atomic E-state index is -2.08. The summed E-state index contributed by atoms with van der Waals surface area (Å²) in [6.45, 7) is 37.9. The van der Waals surface area contributed by atoms with Gasteiger partial charge >= 0.3 is 0 Å². The molecule has 0 aromatic heterocycles. The van der Waals surface area contributed by atoms with Crippen LogP contribution in [0.25, 0.3) is 0 Å². The maximum Gasteiger partial charge on any atom is 0.200 e. The second kappa shape index (κ2) is 28.0. The Balaban J connectivity index is 0.000000580. The Bertz CT molecular complexity index is 1270. The topological polar surface area (TPSA) is 74.2 Å². The number of benzene rings is 2. The van der Waals surface area contributed by atoms with E-state index >= 15 is 0 Å². The monoisotopic (exact) mass is 843 g/mol. The van der Waals surface area contributed by atoms with Gasteiger partial charge in [-0.2, -0.15) is 0 Å². The van der Waals surface area contributed by atoms with E-state index in [0.717, 1.165) is 38.4 Å². The van der Waals surface area contributed by atoms with Crippen LogP contribution in [0.15, 0.2) is 60.7 Å². The van der Waals surface area contributed by atoms with Gasteiger partial charge in [0.25, 0.3) is 0 Å². The van der Waals surface area contributed by atoms with Gasteiger partial charge in [0.15, 0.2) is 0 Å². The molecule has 0 radical (unpaired) electrons. The minimum Gasteiger partial charge on any atom is -0.410 e. The fraction of sp³-hybridized carbons (Fsp3) is 0.740. The van der Waals surface area contributed by atoms with E-state index in [0.29, 0.717) is 58.8 Å². The van der Waals surface area contributed by atoms with Crippen LogP contribution in [0.5, 0.6) is 0 Å². The van der Waals surface area contributed by atoms with Gasteiger partial charge in [0.05, 0.1) is 37.6 Å². The Morgan fingerprint density at radius 1 is 0.517 bits per heavy atom. The molecule has 6 atom stereocenters. The van der Waals surface area contributed by atoms with E-state index in [-0.39, 0.29) is 36.9 Å². The van der Waals surface area contributed by atoms with Crippen LogP contribution in [-0.4, -0.2) is 59.1 Å². The van der Waals surface area contributed by atoms with Gasteiger partial charge in [-0.05, 0) is 89.3 Å². The summed E-state index contributed by atoms with van der Waals surface area (Å²) in [5.74, 6) is 0.519. The minimum absolute atomic E-state index is 0.0126. The number of rotatable bonds is 28. The molecule has 334 valence electrons. The lowest BCUT2D eigenvalue weighted by atomic mass is 9.91. The lowest BCUT2D eigenvalue weighted by Gasteiger charge is -2.47. The van der Waals surface area contributed by atoms with Crippen LogP contribution in [0.4, 0.5) is 0 Å². The molecule has 0 bridgehead atoms. The van der Waals surface area contributed by atoms with Crippen molar-refractivity contribution in [3.8, 4) is 0 Å². The highest BCUT2D eigenvalue weighted by atomic mass is 28.4. The van der Waals surface area contributed by atoms with Crippen molar-refractivity contribution in [1.82, 2.24) is 0 Å². The van der Waals surface area contributed by atoms with E-state index in [1.165, 1.54) is 11.1 Å². The molecule has 0 fully saturated rings. The zero-order valence-electron chi connectivity index (χ0n) is 40.1. The molecule has 58 heavy (non-hydrogen) atoms. The highest BCUT2D eigenvalue weighted by Crippen LogP contribution is 2.46. The van der Waals surface area contributed by atoms with Gasteiger partial charge in [-0.3, -0.25) is 0 Å². The first-order valence-corrected chi connectivity index (χ1v) is 27.4. The molecule has 0 aliphatic rings. The van der Waals surface area contributed by atoms with E-state index in [9.17, 15) is 9.90 Å². The third kappa shape index (κ3) is 16.0. The number of carbonyl (C=O) groups excluding carboxylic acids is 1. The van der Waals surface area contributed by atoms with Gasteiger partial charge < -0.3 is 28.2 Å². The highest BCUT2D eigenvalue weighted by Gasteiger charge is 2.50. The van der Waals surface area contributed by atoms with Crippen molar-refractivity contribution >= 4 is 22.9 Å². The maximum absolute atomic E-state index is 11.5. The van der Waals surface area contributed by atoms with Crippen LogP contribution in [0, 0.1) is 11.8 Å². The van der Waals surface area contributed by atoms with Crippen LogP contribution < -0.4 is 0 Å². The number of aliphatic hydroxyl groups is 1. The number of hydrogen-bond donors (Lipinski definition) is 1. The molecule has 2 rings (SSSR count). The predicted octanol–water partition coefficient (Wildman–Crippen LogP) is 14.1. The average molecular weight is 843 g/mol. The quantitative estimate of drug-likeness (QED) is 0.0679. The molecule has 0 aliphatic heterocycles. The number of ether oxygens (including phenoxy) is 2. The summed E-state index contributed by atoms with van der Waals surface area (Å²) < 4.78 is 27.1. The maximum atomic E-state index is 11.5. The second-order valence-corrected chi connectivity index (χ2v) is 29.6. The first-order valence-electron chi connectivity index (χ1n) is 23.1. The SMILES string of the molecule is CCC[C@@H](CC=O)[C@@H](O[Si](C(C)C)(C(C)C)C(C)C)[C@H](C)OCc1ccccc1.CCC[C@@H](CCO)[C@@H](O[Si](C(C)C)(C(C)C)C(C)C)[C@H](C)OCc1ccccc1. The van der Waals surface area contributed by atoms with Gasteiger partial charge in [-0.15, -0.1) is 0 Å². The third-order valence-electron chi connectivity index (χ3n) is 12.9. The van der Waals surface area contributed by atoms with E-state index < -0.39 is 16.6 Å². The molecule has 0 saturated carbocycles. The Morgan fingerprint density at radius 2 is 0.845 bits per heavy atom. The van der Waals surface area contributed by atoms with Crippen molar-refractivity contribution in [2.45, 2.75) is 220 Å². The lowest BCUT2D eigenvalue weighted by Crippen LogP contribution is -2.54. The zero-order chi connectivity index (χ0) is 44.1. The second-order valence-electron chi connectivity index (χ2n) is 18.8. The number of hydrogen-bond acceptors (Lipinski definition) is 6. The Kier molecular flexibility index (Phi) is 26.3. The van der Waals surface area contributed by atoms with Crippen molar-refractivity contribution in [3.63, 3.8) is 0 Å². The summed E-state index contributed by atoms with van der Waals surface area (Å²) in [4.78, 5) is 11.5. The smallest absolute Gasteiger partial charge is 0.200 e. The average Bonchev–Trinajstić information content (AvgIpc) is 3.17. The van der Waals surface area contributed by atoms with Crippen molar-refractivity contribution < 1.29 is 28.2 Å². The molecule has 2 aromatic rings. The van der Waals surface area contributed by atoms with Crippen molar-refractivity contribution in [2.24, 2.45) is 11.8 Å². The third-order valence-corrected chi connectivity index (χ3v) is 25.1. The Morgan fingerprint density at radius 3 is 1.14 bits per heavy atom. The Labute approximate surface area is 360 Å². The molecule has 8 heteroatoms. The van der Waals surface area contributed by atoms with Crippen molar-refractivity contribution in [2.75, 3.05) is 6.61 Å². The van der Waals surface area contributed by atoms with Crippen LogP contribution in [0.2, 0.25) is 33.2 Å². The largest absolute Gasteiger partial charge is 0.410 e. The summed E-state index contributed by atoms with van der Waals surface area (Å²) in [6.07, 6.45) is 6.45. The Hall–Kier alpha value is -1.66. The zero-order valence-corrected chi connectivity index (χ0v) is 42.1. The number of aldehydes is 1. The first kappa shape index (κ1) is 54.4. The van der Waals surface area contributed by atoms with Crippen LogP contribution in [0.3, 0.4) is 0 Å². The molecule has 0 heterocycles. The summed E-state index contributed by atoms with van der Waals surface area (Å²) in [5.41, 5.74) is 5.46. The number of carbonyl (C=O) groups is 1. The molecule has 0 spiro atoms. The van der Waals surface area contributed by atoms with Crippen molar-refractivity contribution in [1.29, 1.82) is 0 Å². The summed E-state index contributed by atoms with van der Waals surface area (Å²) >= 11 is 0. The standard InChI is InChI=1S/C25H46O3Si.C25H44O3Si/c2*1-9-13-24(16-17-26)25(22(8)27-18-23-14-11-10-12-15-23)28-29(19(2)3,20(4)5)21(6)7/h10-12,14-15,19-22,24-26H,9,13,16-18H2,1-8H3;10-12,14-15,17,19-22,24-25H,9,13,16,18H2,1-8H3/t2*22-,24-,25-/m00/s1. The molecular formula is C50H90O6Si2. The van der Waals surface area contributed by atoms with Gasteiger partial charge in [-0.25, -0.2) is 0 Å². The van der Waals surface area contributed by atoms with E-state index in [1.54, 1.807) is 0 Å². The van der Waals surface area contributed by atoms with Gasteiger partial charge in [0, 0.05) is 13.0 Å². The normalized spacial score (nSPS) is 15.8. The van der Waals surface area contributed by atoms with Crippen molar-refractivity contribution in [3.05, 3.63) is 71.8 Å². The molecule has 0 unspecified atom stereocenters.